The Morgan fingerprint density at radius 2 is 1.71 bits per heavy atom. The Labute approximate surface area is 207 Å². The molecule has 1 N–H and O–H groups in total. The van der Waals surface area contributed by atoms with Crippen molar-refractivity contribution in [3.8, 4) is 0 Å². The first-order valence-electron chi connectivity index (χ1n) is 11.4. The van der Waals surface area contributed by atoms with Crippen molar-refractivity contribution in [1.29, 1.82) is 0 Å². The summed E-state index contributed by atoms with van der Waals surface area (Å²) in [5.41, 5.74) is 1.84. The Balaban J connectivity index is 1.90. The van der Waals surface area contributed by atoms with Gasteiger partial charge >= 0.3 is 0 Å². The SMILES string of the molecule is Cc1ccccc1N(CC(=O)N(Cc1ccccc1Cl)C(C)C(=O)NC1CCCC1)S(C)(=O)=O. The summed E-state index contributed by atoms with van der Waals surface area (Å²) in [4.78, 5) is 28.0. The second kappa shape index (κ2) is 11.2. The van der Waals surface area contributed by atoms with Gasteiger partial charge in [-0.25, -0.2) is 8.42 Å². The van der Waals surface area contributed by atoms with Crippen LogP contribution in [0.15, 0.2) is 48.5 Å². The lowest BCUT2D eigenvalue weighted by Gasteiger charge is -2.32. The van der Waals surface area contributed by atoms with E-state index in [0.717, 1.165) is 41.8 Å². The average Bonchev–Trinajstić information content (AvgIpc) is 3.29. The predicted molar refractivity (Wildman–Crippen MR) is 135 cm³/mol. The van der Waals surface area contributed by atoms with E-state index in [4.69, 9.17) is 11.6 Å². The van der Waals surface area contributed by atoms with E-state index in [-0.39, 0.29) is 18.5 Å². The molecule has 3 rings (SSSR count). The van der Waals surface area contributed by atoms with E-state index in [0.29, 0.717) is 16.3 Å². The normalized spacial score (nSPS) is 15.1. The minimum atomic E-state index is -3.76. The second-order valence-electron chi connectivity index (χ2n) is 8.84. The molecule has 2 aromatic carbocycles. The lowest BCUT2D eigenvalue weighted by Crippen LogP contribution is -2.52. The van der Waals surface area contributed by atoms with Gasteiger partial charge in [0.1, 0.15) is 12.6 Å². The number of halogens is 1. The summed E-state index contributed by atoms with van der Waals surface area (Å²) >= 11 is 6.34. The number of anilines is 1. The third-order valence-electron chi connectivity index (χ3n) is 6.23. The molecule has 184 valence electrons. The summed E-state index contributed by atoms with van der Waals surface area (Å²) in [7, 11) is -3.76. The van der Waals surface area contributed by atoms with Crippen LogP contribution in [0.5, 0.6) is 0 Å². The van der Waals surface area contributed by atoms with Crippen LogP contribution in [-0.4, -0.2) is 50.0 Å². The molecule has 1 aliphatic rings. The second-order valence-corrected chi connectivity index (χ2v) is 11.1. The van der Waals surface area contributed by atoms with E-state index in [2.05, 4.69) is 5.32 Å². The first-order chi connectivity index (χ1) is 16.1. The van der Waals surface area contributed by atoms with Crippen molar-refractivity contribution in [1.82, 2.24) is 10.2 Å². The molecule has 1 aliphatic carbocycles. The Hall–Kier alpha value is -2.58. The zero-order valence-corrected chi connectivity index (χ0v) is 21.4. The number of benzene rings is 2. The quantitative estimate of drug-likeness (QED) is 0.560. The fourth-order valence-corrected chi connectivity index (χ4v) is 5.33. The largest absolute Gasteiger partial charge is 0.352 e. The van der Waals surface area contributed by atoms with Gasteiger partial charge in [0.25, 0.3) is 0 Å². The Morgan fingerprint density at radius 3 is 2.32 bits per heavy atom. The summed E-state index contributed by atoms with van der Waals surface area (Å²) in [5.74, 6) is -0.739. The highest BCUT2D eigenvalue weighted by Gasteiger charge is 2.32. The molecule has 0 aliphatic heterocycles. The fourth-order valence-electron chi connectivity index (χ4n) is 4.22. The van der Waals surface area contributed by atoms with Crippen molar-refractivity contribution in [3.63, 3.8) is 0 Å². The fraction of sp³-hybridized carbons (Fsp3) is 0.440. The minimum Gasteiger partial charge on any atom is -0.352 e. The molecule has 9 heteroatoms. The molecule has 1 unspecified atom stereocenters. The van der Waals surface area contributed by atoms with Gasteiger partial charge in [0.2, 0.25) is 21.8 Å². The zero-order valence-electron chi connectivity index (χ0n) is 19.8. The minimum absolute atomic E-state index is 0.0864. The summed E-state index contributed by atoms with van der Waals surface area (Å²) in [5, 5.41) is 3.52. The number of rotatable bonds is 9. The van der Waals surface area contributed by atoms with Gasteiger partial charge in [-0.15, -0.1) is 0 Å². The lowest BCUT2D eigenvalue weighted by atomic mass is 10.1. The number of amides is 2. The van der Waals surface area contributed by atoms with Crippen LogP contribution in [0.2, 0.25) is 5.02 Å². The first kappa shape index (κ1) is 26.0. The number of nitrogens with one attached hydrogen (secondary N) is 1. The number of hydrogen-bond donors (Lipinski definition) is 1. The Morgan fingerprint density at radius 1 is 1.09 bits per heavy atom. The molecule has 2 amide bonds. The van der Waals surface area contributed by atoms with Gasteiger partial charge in [0.05, 0.1) is 11.9 Å². The van der Waals surface area contributed by atoms with Crippen LogP contribution in [-0.2, 0) is 26.2 Å². The molecular formula is C25H32ClN3O4S. The Bertz CT molecular complexity index is 1130. The molecule has 1 atom stereocenters. The first-order valence-corrected chi connectivity index (χ1v) is 13.7. The number of sulfonamides is 1. The van der Waals surface area contributed by atoms with Gasteiger partial charge in [-0.1, -0.05) is 60.8 Å². The van der Waals surface area contributed by atoms with Gasteiger partial charge < -0.3 is 10.2 Å². The topological polar surface area (TPSA) is 86.8 Å². The van der Waals surface area contributed by atoms with Gasteiger partial charge in [-0.2, -0.15) is 0 Å². The molecule has 0 aromatic heterocycles. The monoisotopic (exact) mass is 505 g/mol. The molecule has 1 saturated carbocycles. The van der Waals surface area contributed by atoms with E-state index in [1.165, 1.54) is 4.90 Å². The van der Waals surface area contributed by atoms with E-state index in [9.17, 15) is 18.0 Å². The Kier molecular flexibility index (Phi) is 8.60. The summed E-state index contributed by atoms with van der Waals surface area (Å²) < 4.78 is 26.4. The molecule has 0 radical (unpaired) electrons. The third kappa shape index (κ3) is 6.51. The smallest absolute Gasteiger partial charge is 0.244 e. The number of aryl methyl sites for hydroxylation is 1. The highest BCUT2D eigenvalue weighted by atomic mass is 35.5. The van der Waals surface area contributed by atoms with E-state index >= 15 is 0 Å². The highest BCUT2D eigenvalue weighted by Crippen LogP contribution is 2.24. The molecule has 0 spiro atoms. The number of para-hydroxylation sites is 1. The van der Waals surface area contributed by atoms with Crippen LogP contribution in [0.25, 0.3) is 0 Å². The molecule has 0 saturated heterocycles. The molecular weight excluding hydrogens is 474 g/mol. The molecule has 0 heterocycles. The maximum absolute atomic E-state index is 13.6. The van der Waals surface area contributed by atoms with Gasteiger partial charge in [-0.3, -0.25) is 13.9 Å². The van der Waals surface area contributed by atoms with E-state index in [1.807, 2.05) is 6.07 Å². The van der Waals surface area contributed by atoms with Crippen molar-refractivity contribution in [2.75, 3.05) is 17.1 Å². The molecule has 0 bridgehead atoms. The van der Waals surface area contributed by atoms with E-state index in [1.54, 1.807) is 56.3 Å². The highest BCUT2D eigenvalue weighted by molar-refractivity contribution is 7.92. The number of nitrogens with zero attached hydrogens (tertiary/aromatic N) is 2. The molecule has 34 heavy (non-hydrogen) atoms. The van der Waals surface area contributed by atoms with Crippen molar-refractivity contribution >= 4 is 39.1 Å². The summed E-state index contributed by atoms with van der Waals surface area (Å²) in [6, 6.07) is 13.4. The maximum Gasteiger partial charge on any atom is 0.244 e. The van der Waals surface area contributed by atoms with Crippen LogP contribution in [0, 0.1) is 6.92 Å². The van der Waals surface area contributed by atoms with Crippen LogP contribution in [0.3, 0.4) is 0 Å². The zero-order chi connectivity index (χ0) is 24.9. The molecule has 1 fully saturated rings. The maximum atomic E-state index is 13.6. The summed E-state index contributed by atoms with van der Waals surface area (Å²) in [6.07, 6.45) is 5.06. The summed E-state index contributed by atoms with van der Waals surface area (Å²) in [6.45, 7) is 3.12. The van der Waals surface area contributed by atoms with Gasteiger partial charge in [0, 0.05) is 17.6 Å². The molecule has 7 nitrogen and oxygen atoms in total. The average molecular weight is 506 g/mol. The number of carbonyl (C=O) groups excluding carboxylic acids is 2. The van der Waals surface area contributed by atoms with Crippen LogP contribution in [0.4, 0.5) is 5.69 Å². The van der Waals surface area contributed by atoms with Crippen molar-refractivity contribution in [3.05, 3.63) is 64.7 Å². The predicted octanol–water partition coefficient (Wildman–Crippen LogP) is 3.89. The van der Waals surface area contributed by atoms with Crippen LogP contribution >= 0.6 is 11.6 Å². The van der Waals surface area contributed by atoms with Gasteiger partial charge in [0.15, 0.2) is 0 Å². The third-order valence-corrected chi connectivity index (χ3v) is 7.73. The van der Waals surface area contributed by atoms with Crippen molar-refractivity contribution in [2.45, 2.75) is 58.2 Å². The van der Waals surface area contributed by atoms with Crippen molar-refractivity contribution in [2.24, 2.45) is 0 Å². The van der Waals surface area contributed by atoms with Crippen LogP contribution < -0.4 is 9.62 Å². The lowest BCUT2D eigenvalue weighted by molar-refractivity contribution is -0.139. The van der Waals surface area contributed by atoms with Crippen molar-refractivity contribution < 1.29 is 18.0 Å². The molecule has 2 aromatic rings. The number of hydrogen-bond acceptors (Lipinski definition) is 4. The van der Waals surface area contributed by atoms with E-state index < -0.39 is 28.5 Å². The number of carbonyl (C=O) groups is 2. The standard InChI is InChI=1S/C25H32ClN3O4S/c1-18-10-4-9-15-23(18)29(34(3,32)33)17-24(30)28(16-20-11-5-8-14-22(20)26)19(2)25(31)27-21-12-6-7-13-21/h4-5,8-11,14-15,19,21H,6-7,12-13,16-17H2,1-3H3,(H,27,31). The van der Waals surface area contributed by atoms with Gasteiger partial charge in [-0.05, 0) is 49.9 Å². The van der Waals surface area contributed by atoms with Crippen LogP contribution in [0.1, 0.15) is 43.7 Å².